The first-order valence-electron chi connectivity index (χ1n) is 10.7. The number of ether oxygens (including phenoxy) is 1. The predicted molar refractivity (Wildman–Crippen MR) is 126 cm³/mol. The van der Waals surface area contributed by atoms with E-state index in [0.717, 1.165) is 11.3 Å². The number of alkyl carbamates (subject to hydrolysis) is 1. The Kier molecular flexibility index (Phi) is 5.72. The summed E-state index contributed by atoms with van der Waals surface area (Å²) in [5, 5.41) is 7.02. The molecule has 5 nitrogen and oxygen atoms in total. The third-order valence-electron chi connectivity index (χ3n) is 5.71. The van der Waals surface area contributed by atoms with Gasteiger partial charge in [-0.05, 0) is 46.5 Å². The summed E-state index contributed by atoms with van der Waals surface area (Å²) in [6.45, 7) is 0.617. The minimum absolute atomic E-state index is 0.0380. The number of nitrogens with one attached hydrogen (secondary N) is 1. The molecule has 0 unspecified atom stereocenters. The van der Waals surface area contributed by atoms with Gasteiger partial charge in [0.25, 0.3) is 0 Å². The number of amides is 1. The number of aromatic nitrogens is 2. The molecule has 6 heteroatoms. The molecule has 0 atom stereocenters. The number of halogens is 1. The normalized spacial score (nSPS) is 12.5. The molecule has 0 bridgehead atoms. The lowest BCUT2D eigenvalue weighted by atomic mass is 9.98. The van der Waals surface area contributed by atoms with Crippen molar-refractivity contribution in [3.63, 3.8) is 0 Å². The van der Waals surface area contributed by atoms with Crippen LogP contribution in [0.2, 0.25) is 0 Å². The zero-order valence-corrected chi connectivity index (χ0v) is 17.8. The lowest BCUT2D eigenvalue weighted by Crippen LogP contribution is -2.26. The lowest BCUT2D eigenvalue weighted by Gasteiger charge is -2.14. The van der Waals surface area contributed by atoms with Gasteiger partial charge in [0.15, 0.2) is 0 Å². The summed E-state index contributed by atoms with van der Waals surface area (Å²) < 4.78 is 20.3. The van der Waals surface area contributed by atoms with Gasteiger partial charge >= 0.3 is 6.09 Å². The van der Waals surface area contributed by atoms with E-state index in [2.05, 4.69) is 34.7 Å². The number of benzene rings is 3. The first kappa shape index (κ1) is 20.7. The fourth-order valence-corrected chi connectivity index (χ4v) is 4.14. The van der Waals surface area contributed by atoms with Crippen molar-refractivity contribution in [1.82, 2.24) is 15.1 Å². The third kappa shape index (κ3) is 4.41. The van der Waals surface area contributed by atoms with Crippen molar-refractivity contribution >= 4 is 12.2 Å². The van der Waals surface area contributed by atoms with Gasteiger partial charge < -0.3 is 10.1 Å². The molecule has 1 N–H and O–H groups in total. The van der Waals surface area contributed by atoms with Gasteiger partial charge in [-0.15, -0.1) is 0 Å². The molecule has 33 heavy (non-hydrogen) atoms. The van der Waals surface area contributed by atoms with Crippen molar-refractivity contribution in [2.24, 2.45) is 0 Å². The quantitative estimate of drug-likeness (QED) is 0.428. The van der Waals surface area contributed by atoms with E-state index in [9.17, 15) is 9.18 Å². The highest BCUT2D eigenvalue weighted by molar-refractivity contribution is 5.79. The number of nitrogens with zero attached hydrogens (tertiary/aromatic N) is 2. The van der Waals surface area contributed by atoms with Gasteiger partial charge in [0.2, 0.25) is 0 Å². The maximum Gasteiger partial charge on any atom is 0.407 e. The van der Waals surface area contributed by atoms with Crippen LogP contribution in [0, 0.1) is 5.82 Å². The highest BCUT2D eigenvalue weighted by Crippen LogP contribution is 2.44. The van der Waals surface area contributed by atoms with Crippen LogP contribution < -0.4 is 5.32 Å². The molecular weight excluding hydrogens is 417 g/mol. The van der Waals surface area contributed by atoms with E-state index in [-0.39, 0.29) is 18.3 Å². The van der Waals surface area contributed by atoms with Gasteiger partial charge in [-0.25, -0.2) is 13.9 Å². The number of hydrogen-bond donors (Lipinski definition) is 1. The Labute approximate surface area is 191 Å². The van der Waals surface area contributed by atoms with Gasteiger partial charge in [-0.1, -0.05) is 60.7 Å². The Morgan fingerprint density at radius 2 is 1.67 bits per heavy atom. The molecule has 3 aromatic carbocycles. The zero-order chi connectivity index (χ0) is 22.6. The molecule has 0 fully saturated rings. The second-order valence-corrected chi connectivity index (χ2v) is 7.80. The van der Waals surface area contributed by atoms with E-state index in [0.29, 0.717) is 6.54 Å². The lowest BCUT2D eigenvalue weighted by molar-refractivity contribution is 0.144. The molecular formula is C27H22FN3O2. The topological polar surface area (TPSA) is 56.2 Å². The first-order valence-corrected chi connectivity index (χ1v) is 10.7. The summed E-state index contributed by atoms with van der Waals surface area (Å²) in [4.78, 5) is 12.2. The maximum absolute atomic E-state index is 13.1. The number of carbonyl (C=O) groups excluding carboxylic acids is 1. The molecule has 1 aromatic heterocycles. The van der Waals surface area contributed by atoms with Crippen molar-refractivity contribution in [1.29, 1.82) is 0 Å². The second-order valence-electron chi connectivity index (χ2n) is 7.80. The summed E-state index contributed by atoms with van der Waals surface area (Å²) in [5.41, 5.74) is 6.41. The standard InChI is InChI=1S/C27H22FN3O2/c28-20-11-13-21(14-12-20)31-17-19(16-30-31)6-5-15-29-27(32)33-18-26-24-9-3-1-7-22(24)23-8-2-4-10-25(23)26/h1-14,16-17,26H,15,18H2,(H,29,32). The molecule has 5 rings (SSSR count). The average molecular weight is 439 g/mol. The highest BCUT2D eigenvalue weighted by atomic mass is 19.1. The number of rotatable bonds is 6. The average Bonchev–Trinajstić information content (AvgIpc) is 3.44. The van der Waals surface area contributed by atoms with Gasteiger partial charge in [0.05, 0.1) is 11.9 Å². The van der Waals surface area contributed by atoms with Crippen molar-refractivity contribution in [2.75, 3.05) is 13.2 Å². The Bertz CT molecular complexity index is 1270. The van der Waals surface area contributed by atoms with E-state index < -0.39 is 6.09 Å². The summed E-state index contributed by atoms with van der Waals surface area (Å²) in [6, 6.07) is 22.6. The fraction of sp³-hybridized carbons (Fsp3) is 0.111. The second kappa shape index (κ2) is 9.12. The van der Waals surface area contributed by atoms with Crippen LogP contribution in [-0.2, 0) is 4.74 Å². The molecule has 1 aliphatic rings. The van der Waals surface area contributed by atoms with Crippen LogP contribution in [0.5, 0.6) is 0 Å². The van der Waals surface area contributed by atoms with Crippen LogP contribution in [0.3, 0.4) is 0 Å². The van der Waals surface area contributed by atoms with E-state index >= 15 is 0 Å². The maximum atomic E-state index is 13.1. The molecule has 0 saturated heterocycles. The van der Waals surface area contributed by atoms with Gasteiger partial charge in [0, 0.05) is 24.2 Å². The van der Waals surface area contributed by atoms with Crippen molar-refractivity contribution in [3.05, 3.63) is 114 Å². The van der Waals surface area contributed by atoms with Crippen LogP contribution >= 0.6 is 0 Å². The smallest absolute Gasteiger partial charge is 0.407 e. The first-order chi connectivity index (χ1) is 16.2. The largest absolute Gasteiger partial charge is 0.449 e. The van der Waals surface area contributed by atoms with E-state index in [1.54, 1.807) is 23.0 Å². The van der Waals surface area contributed by atoms with Gasteiger partial charge in [0.1, 0.15) is 12.4 Å². The van der Waals surface area contributed by atoms with E-state index in [1.165, 1.54) is 34.4 Å². The number of hydrogen-bond acceptors (Lipinski definition) is 3. The molecule has 0 radical (unpaired) electrons. The van der Waals surface area contributed by atoms with Gasteiger partial charge in [-0.2, -0.15) is 5.10 Å². The van der Waals surface area contributed by atoms with Crippen molar-refractivity contribution < 1.29 is 13.9 Å². The van der Waals surface area contributed by atoms with Crippen LogP contribution in [0.25, 0.3) is 22.9 Å². The summed E-state index contributed by atoms with van der Waals surface area (Å²) in [6.07, 6.45) is 6.76. The summed E-state index contributed by atoms with van der Waals surface area (Å²) in [5.74, 6) is -0.249. The van der Waals surface area contributed by atoms with Crippen molar-refractivity contribution in [2.45, 2.75) is 5.92 Å². The zero-order valence-electron chi connectivity index (χ0n) is 17.8. The Morgan fingerprint density at radius 1 is 1.00 bits per heavy atom. The minimum Gasteiger partial charge on any atom is -0.449 e. The minimum atomic E-state index is -0.455. The third-order valence-corrected chi connectivity index (χ3v) is 5.71. The molecule has 1 aliphatic carbocycles. The fourth-order valence-electron chi connectivity index (χ4n) is 4.14. The molecule has 0 aliphatic heterocycles. The van der Waals surface area contributed by atoms with E-state index in [4.69, 9.17) is 4.74 Å². The van der Waals surface area contributed by atoms with Gasteiger partial charge in [-0.3, -0.25) is 0 Å². The van der Waals surface area contributed by atoms with Crippen LogP contribution in [0.15, 0.2) is 91.3 Å². The number of fused-ring (bicyclic) bond motifs is 3. The van der Waals surface area contributed by atoms with Crippen molar-refractivity contribution in [3.8, 4) is 16.8 Å². The predicted octanol–water partition coefficient (Wildman–Crippen LogP) is 5.56. The Morgan fingerprint density at radius 3 is 2.36 bits per heavy atom. The van der Waals surface area contributed by atoms with E-state index in [1.807, 2.05) is 42.6 Å². The Balaban J connectivity index is 1.14. The highest BCUT2D eigenvalue weighted by Gasteiger charge is 2.28. The monoisotopic (exact) mass is 439 g/mol. The molecule has 0 saturated carbocycles. The SMILES string of the molecule is O=C(NCC=Cc1cnn(-c2ccc(F)cc2)c1)OCC1c2ccccc2-c2ccccc21. The van der Waals surface area contributed by atoms with Crippen LogP contribution in [0.4, 0.5) is 9.18 Å². The summed E-state index contributed by atoms with van der Waals surface area (Å²) in [7, 11) is 0. The Hall–Kier alpha value is -4.19. The van der Waals surface area contributed by atoms with Crippen LogP contribution in [-0.4, -0.2) is 29.0 Å². The van der Waals surface area contributed by atoms with Crippen LogP contribution in [0.1, 0.15) is 22.6 Å². The molecule has 1 heterocycles. The summed E-state index contributed by atoms with van der Waals surface area (Å²) >= 11 is 0. The molecule has 164 valence electrons. The number of carbonyl (C=O) groups is 1. The molecule has 4 aromatic rings. The molecule has 1 amide bonds. The molecule has 0 spiro atoms.